The second-order valence-corrected chi connectivity index (χ2v) is 2.50. The Morgan fingerprint density at radius 1 is 1.64 bits per heavy atom. The Kier molecular flexibility index (Phi) is 5.75. The molecule has 3 nitrogen and oxygen atoms in total. The van der Waals surface area contributed by atoms with Gasteiger partial charge in [0.15, 0.2) is 0 Å². The van der Waals surface area contributed by atoms with Crippen molar-refractivity contribution in [1.82, 2.24) is 0 Å². The van der Waals surface area contributed by atoms with Gasteiger partial charge in [0.1, 0.15) is 19.9 Å². The lowest BCUT2D eigenvalue weighted by Crippen LogP contribution is -2.18. The molecule has 1 unspecified atom stereocenters. The first-order valence-electron chi connectivity index (χ1n) is 3.92. The minimum absolute atomic E-state index is 0.137. The lowest BCUT2D eigenvalue weighted by Gasteiger charge is -2.09. The molecule has 2 N–H and O–H groups in total. The molecule has 0 heterocycles. The van der Waals surface area contributed by atoms with Crippen LogP contribution in [-0.4, -0.2) is 26.5 Å². The van der Waals surface area contributed by atoms with Crippen LogP contribution < -0.4 is 5.73 Å². The summed E-state index contributed by atoms with van der Waals surface area (Å²) in [6.07, 6.45) is 2.24. The molecule has 4 heteroatoms. The van der Waals surface area contributed by atoms with Crippen molar-refractivity contribution in [3.8, 4) is 0 Å². The standard InChI is InChI=1S/C7H14BNO2/c8-5-7(11)6(1-3-9)2-4-10/h4,6H,1-3,5,8-9H2. The summed E-state index contributed by atoms with van der Waals surface area (Å²) in [5, 5.41) is 0. The Morgan fingerprint density at radius 3 is 2.64 bits per heavy atom. The molecule has 1 atom stereocenters. The molecule has 11 heavy (non-hydrogen) atoms. The van der Waals surface area contributed by atoms with Gasteiger partial charge < -0.3 is 15.3 Å². The number of hydrogen-bond acceptors (Lipinski definition) is 3. The van der Waals surface area contributed by atoms with Gasteiger partial charge in [-0.2, -0.15) is 0 Å². The van der Waals surface area contributed by atoms with Crippen LogP contribution in [0.3, 0.4) is 0 Å². The summed E-state index contributed by atoms with van der Waals surface area (Å²) in [7, 11) is 1.80. The Labute approximate surface area is 67.7 Å². The first-order valence-corrected chi connectivity index (χ1v) is 3.92. The fourth-order valence-corrected chi connectivity index (χ4v) is 1.02. The maximum Gasteiger partial charge on any atom is 0.128 e. The van der Waals surface area contributed by atoms with Gasteiger partial charge in [0, 0.05) is 12.3 Å². The van der Waals surface area contributed by atoms with Crippen LogP contribution in [0.1, 0.15) is 12.8 Å². The van der Waals surface area contributed by atoms with Gasteiger partial charge in [0.2, 0.25) is 0 Å². The number of carbonyl (C=O) groups is 2. The monoisotopic (exact) mass is 155 g/mol. The van der Waals surface area contributed by atoms with E-state index in [1.807, 2.05) is 0 Å². The smallest absolute Gasteiger partial charge is 0.128 e. The number of Topliss-reactive ketones (excluding diaryl/α,β-unsaturated/α-hetero) is 1. The highest BCUT2D eigenvalue weighted by Crippen LogP contribution is 2.08. The van der Waals surface area contributed by atoms with Gasteiger partial charge in [-0.3, -0.25) is 0 Å². The molecule has 0 amide bonds. The van der Waals surface area contributed by atoms with Gasteiger partial charge in [0.05, 0.1) is 0 Å². The highest BCUT2D eigenvalue weighted by molar-refractivity contribution is 6.20. The largest absolute Gasteiger partial charge is 0.330 e. The summed E-state index contributed by atoms with van der Waals surface area (Å²) < 4.78 is 0. The molecule has 0 aliphatic heterocycles. The molecule has 0 rings (SSSR count). The van der Waals surface area contributed by atoms with Gasteiger partial charge in [-0.05, 0) is 19.3 Å². The molecule has 0 saturated heterocycles. The van der Waals surface area contributed by atoms with Gasteiger partial charge in [-0.1, -0.05) is 0 Å². The van der Waals surface area contributed by atoms with Crippen LogP contribution in [0, 0.1) is 5.92 Å². The first-order chi connectivity index (χ1) is 5.26. The minimum Gasteiger partial charge on any atom is -0.330 e. The molecule has 0 spiro atoms. The maximum atomic E-state index is 11.1. The van der Waals surface area contributed by atoms with Crippen molar-refractivity contribution < 1.29 is 9.59 Å². The van der Waals surface area contributed by atoms with Crippen molar-refractivity contribution in [3.05, 3.63) is 0 Å². The summed E-state index contributed by atoms with van der Waals surface area (Å²) in [5.74, 6) is 0.00468. The van der Waals surface area contributed by atoms with Crippen molar-refractivity contribution >= 4 is 19.9 Å². The van der Waals surface area contributed by atoms with E-state index in [1.165, 1.54) is 0 Å². The number of rotatable bonds is 6. The third-order valence-electron chi connectivity index (χ3n) is 1.70. The predicted octanol–water partition coefficient (Wildman–Crippen LogP) is -0.839. The zero-order valence-corrected chi connectivity index (χ0v) is 6.88. The third-order valence-corrected chi connectivity index (χ3v) is 1.70. The fourth-order valence-electron chi connectivity index (χ4n) is 1.02. The topological polar surface area (TPSA) is 60.2 Å². The van der Waals surface area contributed by atoms with E-state index in [0.717, 1.165) is 6.29 Å². The lowest BCUT2D eigenvalue weighted by molar-refractivity contribution is -0.123. The third kappa shape index (κ3) is 3.93. The fraction of sp³-hybridized carbons (Fsp3) is 0.714. The van der Waals surface area contributed by atoms with Crippen molar-refractivity contribution in [3.63, 3.8) is 0 Å². The zero-order valence-electron chi connectivity index (χ0n) is 6.88. The van der Waals surface area contributed by atoms with Crippen LogP contribution in [0.25, 0.3) is 0 Å². The number of nitrogens with two attached hydrogens (primary N) is 1. The molecular weight excluding hydrogens is 141 g/mol. The van der Waals surface area contributed by atoms with E-state index in [1.54, 1.807) is 7.85 Å². The van der Waals surface area contributed by atoms with Gasteiger partial charge in [-0.15, -0.1) is 0 Å². The molecule has 0 saturated carbocycles. The first kappa shape index (κ1) is 10.4. The molecule has 0 fully saturated rings. The van der Waals surface area contributed by atoms with E-state index in [0.29, 0.717) is 25.7 Å². The Morgan fingerprint density at radius 2 is 2.27 bits per heavy atom. The van der Waals surface area contributed by atoms with Crippen molar-refractivity contribution in [2.24, 2.45) is 11.7 Å². The minimum atomic E-state index is -0.137. The summed E-state index contributed by atoms with van der Waals surface area (Å²) in [6.45, 7) is 0.476. The maximum absolute atomic E-state index is 11.1. The Bertz CT molecular complexity index is 138. The molecule has 0 aliphatic carbocycles. The Balaban J connectivity index is 3.86. The van der Waals surface area contributed by atoms with Crippen LogP contribution in [0.2, 0.25) is 6.32 Å². The van der Waals surface area contributed by atoms with Crippen LogP contribution in [0.5, 0.6) is 0 Å². The summed E-state index contributed by atoms with van der Waals surface area (Å²) in [5.41, 5.74) is 5.28. The second kappa shape index (κ2) is 6.10. The van der Waals surface area contributed by atoms with Gasteiger partial charge in [0.25, 0.3) is 0 Å². The van der Waals surface area contributed by atoms with Gasteiger partial charge in [-0.25, -0.2) is 0 Å². The highest BCUT2D eigenvalue weighted by atomic mass is 16.1. The molecule has 0 aromatic carbocycles. The predicted molar refractivity (Wildman–Crippen MR) is 46.2 cm³/mol. The van der Waals surface area contributed by atoms with E-state index in [4.69, 9.17) is 5.73 Å². The average Bonchev–Trinajstić information content (AvgIpc) is 2.03. The lowest BCUT2D eigenvalue weighted by atomic mass is 9.88. The van der Waals surface area contributed by atoms with E-state index in [2.05, 4.69) is 0 Å². The second-order valence-electron chi connectivity index (χ2n) is 2.50. The molecular formula is C7H14BNO2. The van der Waals surface area contributed by atoms with Crippen molar-refractivity contribution in [2.45, 2.75) is 19.2 Å². The average molecular weight is 155 g/mol. The SMILES string of the molecule is BCC(=O)C(CC=O)CCN. The highest BCUT2D eigenvalue weighted by Gasteiger charge is 2.14. The molecule has 62 valence electrons. The van der Waals surface area contributed by atoms with Crippen LogP contribution in [-0.2, 0) is 9.59 Å². The quantitative estimate of drug-likeness (QED) is 0.402. The van der Waals surface area contributed by atoms with Crippen molar-refractivity contribution in [2.75, 3.05) is 6.54 Å². The number of carbonyl (C=O) groups excluding carboxylic acids is 2. The summed E-state index contributed by atoms with van der Waals surface area (Å²) in [4.78, 5) is 21.2. The van der Waals surface area contributed by atoms with Crippen LogP contribution >= 0.6 is 0 Å². The number of hydrogen-bond donors (Lipinski definition) is 1. The van der Waals surface area contributed by atoms with E-state index >= 15 is 0 Å². The number of ketones is 1. The molecule has 0 aromatic heterocycles. The van der Waals surface area contributed by atoms with Crippen LogP contribution in [0.4, 0.5) is 0 Å². The van der Waals surface area contributed by atoms with E-state index in [9.17, 15) is 9.59 Å². The normalized spacial score (nSPS) is 12.5. The van der Waals surface area contributed by atoms with Crippen LogP contribution in [0.15, 0.2) is 0 Å². The number of aldehydes is 1. The van der Waals surface area contributed by atoms with E-state index < -0.39 is 0 Å². The van der Waals surface area contributed by atoms with Gasteiger partial charge >= 0.3 is 0 Å². The molecule has 0 aromatic rings. The summed E-state index contributed by atoms with van der Waals surface area (Å²) in [6, 6.07) is 0. The van der Waals surface area contributed by atoms with E-state index in [-0.39, 0.29) is 11.7 Å². The molecule has 0 aliphatic rings. The molecule has 0 bridgehead atoms. The Hall–Kier alpha value is -0.635. The van der Waals surface area contributed by atoms with Crippen molar-refractivity contribution in [1.29, 1.82) is 0 Å². The zero-order chi connectivity index (χ0) is 8.69. The summed E-state index contributed by atoms with van der Waals surface area (Å²) >= 11 is 0. The molecule has 0 radical (unpaired) electrons.